The van der Waals surface area contributed by atoms with Crippen molar-refractivity contribution < 1.29 is 70.7 Å². The summed E-state index contributed by atoms with van der Waals surface area (Å²) < 4.78 is 72.5. The van der Waals surface area contributed by atoms with Gasteiger partial charge < -0.3 is 54.8 Å². The van der Waals surface area contributed by atoms with Crippen molar-refractivity contribution in [1.29, 1.82) is 0 Å². The molecule has 2 saturated carbocycles. The molecule has 82 heavy (non-hydrogen) atoms. The number of rotatable bonds is 32. The number of halogens is 3. The molecule has 448 valence electrons. The van der Waals surface area contributed by atoms with Crippen LogP contribution in [0.15, 0.2) is 72.4 Å². The van der Waals surface area contributed by atoms with Gasteiger partial charge in [0.1, 0.15) is 18.1 Å². The molecular weight excluding hydrogens is 1090 g/mol. The Morgan fingerprint density at radius 1 is 0.744 bits per heavy atom. The van der Waals surface area contributed by atoms with Gasteiger partial charge >= 0.3 is 6.18 Å². The predicted octanol–water partition coefficient (Wildman–Crippen LogP) is 7.38. The molecule has 5 N–H and O–H groups in total. The van der Waals surface area contributed by atoms with E-state index in [0.717, 1.165) is 32.8 Å². The highest BCUT2D eigenvalue weighted by atomic mass is 32.1. The van der Waals surface area contributed by atoms with Gasteiger partial charge in [0.15, 0.2) is 5.78 Å². The summed E-state index contributed by atoms with van der Waals surface area (Å²) in [4.78, 5) is 75.8. The van der Waals surface area contributed by atoms with Crippen molar-refractivity contribution in [3.8, 4) is 16.2 Å². The first-order valence-electron chi connectivity index (χ1n) is 27.9. The molecule has 2 aromatic heterocycles. The van der Waals surface area contributed by atoms with Gasteiger partial charge in [0.05, 0.1) is 119 Å². The molecule has 6 rings (SSSR count). The Bertz CT molecular complexity index is 2710. The number of allylic oxidation sites excluding steroid dienone is 1. The average molecular weight is 1170 g/mol. The summed E-state index contributed by atoms with van der Waals surface area (Å²) in [6, 6.07) is 15.8. The summed E-state index contributed by atoms with van der Waals surface area (Å²) in [6.07, 6.45) is 1.59. The maximum atomic E-state index is 14.0. The fraction of sp³-hybridized carbons (Fsp3) is 0.550. The average Bonchev–Trinajstić information content (AvgIpc) is 4.22. The summed E-state index contributed by atoms with van der Waals surface area (Å²) in [7, 11) is 1.48. The van der Waals surface area contributed by atoms with Gasteiger partial charge in [-0.25, -0.2) is 9.97 Å². The Labute approximate surface area is 482 Å². The number of ether oxygens (including phenoxy) is 6. The van der Waals surface area contributed by atoms with E-state index < -0.39 is 53.3 Å². The third-order valence-corrected chi connectivity index (χ3v) is 15.3. The number of Topliss-reactive ketones (excluding diaryl/α,β-unsaturated/α-hetero) is 1. The van der Waals surface area contributed by atoms with Crippen molar-refractivity contribution in [2.45, 2.75) is 104 Å². The first-order chi connectivity index (χ1) is 39.3. The van der Waals surface area contributed by atoms with E-state index in [1.165, 1.54) is 13.3 Å². The normalized spacial score (nSPS) is 18.7. The number of carbonyl (C=O) groups excluding carboxylic acids is 5. The van der Waals surface area contributed by atoms with Crippen molar-refractivity contribution in [2.75, 3.05) is 79.7 Å². The highest BCUT2D eigenvalue weighted by molar-refractivity contribution is 7.13. The van der Waals surface area contributed by atoms with Crippen LogP contribution in [0.4, 0.5) is 13.2 Å². The van der Waals surface area contributed by atoms with Crippen LogP contribution in [0.5, 0.6) is 5.75 Å². The van der Waals surface area contributed by atoms with Gasteiger partial charge in [-0.05, 0) is 85.1 Å². The Balaban J connectivity index is 0.753. The molecule has 0 aliphatic heterocycles. The lowest BCUT2D eigenvalue weighted by molar-refractivity contribution is -0.183. The highest BCUT2D eigenvalue weighted by Gasteiger charge is 2.47. The number of aromatic nitrogens is 2. The van der Waals surface area contributed by atoms with E-state index in [1.807, 2.05) is 82.3 Å². The molecule has 2 aliphatic rings. The second-order valence-corrected chi connectivity index (χ2v) is 22.5. The van der Waals surface area contributed by atoms with Gasteiger partial charge in [-0.1, -0.05) is 81.5 Å². The van der Waals surface area contributed by atoms with Crippen LogP contribution in [0, 0.1) is 36.0 Å². The standard InChI is InChI=1S/C60H79F3N6O12S/c1-39-55(82-38-68-39)44-14-10-41(11-15-44)34-66-57(74)49-33-47(70)32-48(49)54(73)56(59(2,3)4)69-53(72)37-81-28-27-80-26-25-79-24-23-78-22-21-77-20-19-64-52(71)30-42-7-6-8-43(29-42)35-67-58(75)50-31-45(51(76-5)36-65-50)16-9-40-12-17-46(18-13-40)60(61,62)63/h6-11,14-16,29,31,36,38,40,46-49,56,70H,12-13,17-28,30,32-35,37H2,1-5H3,(H,64,71)(H,66,74)(H,67,75)(H,69,72)/b16-9+/t40?,46?,47-,48?,49+,56+/m0/s1. The molecule has 2 heterocycles. The zero-order valence-electron chi connectivity index (χ0n) is 47.5. The van der Waals surface area contributed by atoms with E-state index in [4.69, 9.17) is 28.4 Å². The van der Waals surface area contributed by atoms with Crippen LogP contribution in [0.1, 0.15) is 97.7 Å². The number of thiazole rings is 1. The van der Waals surface area contributed by atoms with Crippen LogP contribution in [0.3, 0.4) is 0 Å². The number of hydrogen-bond acceptors (Lipinski definition) is 15. The number of pyridine rings is 1. The minimum absolute atomic E-state index is 0.000433. The van der Waals surface area contributed by atoms with Crippen LogP contribution in [0.2, 0.25) is 0 Å². The summed E-state index contributed by atoms with van der Waals surface area (Å²) in [5.74, 6) is -4.02. The lowest BCUT2D eigenvalue weighted by Crippen LogP contribution is -2.53. The first kappa shape index (κ1) is 65.0. The molecule has 0 spiro atoms. The molecule has 4 aromatic rings. The number of alkyl halides is 3. The maximum Gasteiger partial charge on any atom is 0.391 e. The van der Waals surface area contributed by atoms with Gasteiger partial charge in [0, 0.05) is 31.1 Å². The second-order valence-electron chi connectivity index (χ2n) is 21.6. The van der Waals surface area contributed by atoms with Gasteiger partial charge in [0.25, 0.3) is 5.91 Å². The van der Waals surface area contributed by atoms with Gasteiger partial charge in [0.2, 0.25) is 17.7 Å². The van der Waals surface area contributed by atoms with Crippen molar-refractivity contribution in [2.24, 2.45) is 29.1 Å². The number of carbonyl (C=O) groups is 5. The molecule has 0 bridgehead atoms. The van der Waals surface area contributed by atoms with Gasteiger partial charge in [-0.3, -0.25) is 24.0 Å². The molecule has 18 nitrogen and oxygen atoms in total. The molecule has 4 atom stereocenters. The number of benzene rings is 2. The molecule has 1 unspecified atom stereocenters. The summed E-state index contributed by atoms with van der Waals surface area (Å²) in [6.45, 7) is 10.6. The van der Waals surface area contributed by atoms with E-state index in [9.17, 15) is 42.3 Å². The molecule has 2 aromatic carbocycles. The number of aryl methyl sites for hydroxylation is 1. The minimum Gasteiger partial charge on any atom is -0.495 e. The minimum atomic E-state index is -4.17. The van der Waals surface area contributed by atoms with E-state index >= 15 is 0 Å². The zero-order chi connectivity index (χ0) is 59.1. The van der Waals surface area contributed by atoms with Crippen molar-refractivity contribution in [3.05, 3.63) is 106 Å². The van der Waals surface area contributed by atoms with Crippen molar-refractivity contribution >= 4 is 46.8 Å². The Kier molecular flexibility index (Phi) is 25.9. The molecule has 2 fully saturated rings. The van der Waals surface area contributed by atoms with E-state index in [2.05, 4.69) is 31.2 Å². The largest absolute Gasteiger partial charge is 0.495 e. The van der Waals surface area contributed by atoms with Crippen LogP contribution in [0.25, 0.3) is 16.5 Å². The summed E-state index contributed by atoms with van der Waals surface area (Å²) in [5.41, 5.74) is 6.33. The summed E-state index contributed by atoms with van der Waals surface area (Å²) in [5, 5.41) is 22.0. The third kappa shape index (κ3) is 21.2. The van der Waals surface area contributed by atoms with E-state index in [0.29, 0.717) is 76.9 Å². The number of hydrogen-bond donors (Lipinski definition) is 5. The van der Waals surface area contributed by atoms with Gasteiger partial charge in [-0.2, -0.15) is 13.2 Å². The van der Waals surface area contributed by atoms with Crippen molar-refractivity contribution in [3.63, 3.8) is 0 Å². The molecular formula is C60H79F3N6O12S. The van der Waals surface area contributed by atoms with E-state index in [-0.39, 0.29) is 94.2 Å². The monoisotopic (exact) mass is 1160 g/mol. The lowest BCUT2D eigenvalue weighted by Gasteiger charge is -2.33. The zero-order valence-corrected chi connectivity index (χ0v) is 48.3. The lowest BCUT2D eigenvalue weighted by atomic mass is 9.77. The predicted molar refractivity (Wildman–Crippen MR) is 302 cm³/mol. The van der Waals surface area contributed by atoms with Crippen molar-refractivity contribution in [1.82, 2.24) is 31.2 Å². The fourth-order valence-corrected chi connectivity index (χ4v) is 10.7. The van der Waals surface area contributed by atoms with Crippen LogP contribution in [-0.2, 0) is 62.4 Å². The number of nitrogens with one attached hydrogen (secondary N) is 4. The van der Waals surface area contributed by atoms with Gasteiger partial charge in [-0.15, -0.1) is 11.3 Å². The molecule has 2 aliphatic carbocycles. The SMILES string of the molecule is COc1cnc(C(=O)NCc2cccc(CC(=O)NCCOCCOCCOCCOCCOCC(=O)N[C@H](C(=O)C3C[C@H](O)C[C@H]3C(=O)NCc3ccc(-c4scnc4C)cc3)C(C)(C)C)c2)cc1/C=C/C1CCC(C(F)(F)F)CC1. The number of aliphatic hydroxyl groups excluding tert-OH is 1. The number of ketones is 1. The molecule has 0 saturated heterocycles. The van der Waals surface area contributed by atoms with E-state index in [1.54, 1.807) is 29.0 Å². The Morgan fingerprint density at radius 3 is 1.99 bits per heavy atom. The Hall–Kier alpha value is -6.14. The first-order valence-corrected chi connectivity index (χ1v) is 28.8. The second kappa shape index (κ2) is 32.6. The number of aliphatic hydroxyl groups is 1. The quantitative estimate of drug-likeness (QED) is 0.0300. The highest BCUT2D eigenvalue weighted by Crippen LogP contribution is 2.40. The van der Waals surface area contributed by atoms with Crippen LogP contribution < -0.4 is 26.0 Å². The molecule has 22 heteroatoms. The van der Waals surface area contributed by atoms with Crippen LogP contribution in [-0.4, -0.2) is 143 Å². The number of amides is 4. The fourth-order valence-electron chi connectivity index (χ4n) is 9.86. The smallest absolute Gasteiger partial charge is 0.391 e. The molecule has 0 radical (unpaired) electrons. The summed E-state index contributed by atoms with van der Waals surface area (Å²) >= 11 is 1.57. The topological polar surface area (TPSA) is 235 Å². The number of methoxy groups -OCH3 is 1. The Morgan fingerprint density at radius 2 is 1.37 bits per heavy atom. The third-order valence-electron chi connectivity index (χ3n) is 14.4. The molecule has 4 amide bonds. The van der Waals surface area contributed by atoms with Crippen LogP contribution >= 0.6 is 11.3 Å². The number of nitrogens with zero attached hydrogens (tertiary/aromatic N) is 2. The maximum absolute atomic E-state index is 14.0.